The molecule has 1 aromatic rings. The van der Waals surface area contributed by atoms with E-state index < -0.39 is 11.0 Å². The predicted molar refractivity (Wildman–Crippen MR) is 71.4 cm³/mol. The maximum atomic E-state index is 11.0. The van der Waals surface area contributed by atoms with Crippen LogP contribution in [0.3, 0.4) is 0 Å². The summed E-state index contributed by atoms with van der Waals surface area (Å²) in [5.74, 6) is 0. The fourth-order valence-electron chi connectivity index (χ4n) is 1.56. The first-order valence-electron chi connectivity index (χ1n) is 5.71. The van der Waals surface area contributed by atoms with Crippen LogP contribution >= 0.6 is 11.3 Å². The Morgan fingerprint density at radius 3 is 2.78 bits per heavy atom. The minimum absolute atomic E-state index is 0.0499. The molecule has 102 valence electrons. The van der Waals surface area contributed by atoms with Gasteiger partial charge in [0.25, 0.3) is 0 Å². The Labute approximate surface area is 110 Å². The molecule has 0 spiro atoms. The summed E-state index contributed by atoms with van der Waals surface area (Å²) in [4.78, 5) is 13.1. The van der Waals surface area contributed by atoms with E-state index in [9.17, 15) is 15.2 Å². The molecule has 18 heavy (non-hydrogen) atoms. The Hall–Kier alpha value is -1.18. The highest BCUT2D eigenvalue weighted by atomic mass is 32.1. The van der Waals surface area contributed by atoms with Crippen molar-refractivity contribution in [1.82, 2.24) is 0 Å². The number of methoxy groups -OCH3 is 1. The maximum Gasteiger partial charge on any atom is 0.304 e. The molecule has 1 aromatic heterocycles. The molecule has 0 bridgehead atoms. The van der Waals surface area contributed by atoms with Crippen LogP contribution in [0, 0.1) is 10.1 Å². The standard InChI is InChI=1S/C11H18N2O4S/c1-4-12(5-6-17-3)11-9(13(15)16)7-10(18-11)8(2)14/h7-8,14H,4-6H2,1-3H3. The molecule has 1 heterocycles. The third-order valence-electron chi connectivity index (χ3n) is 2.56. The second-order valence-electron chi connectivity index (χ2n) is 3.84. The van der Waals surface area contributed by atoms with Crippen LogP contribution in [0.5, 0.6) is 0 Å². The quantitative estimate of drug-likeness (QED) is 0.609. The van der Waals surface area contributed by atoms with Gasteiger partial charge in [-0.25, -0.2) is 0 Å². The van der Waals surface area contributed by atoms with E-state index in [4.69, 9.17) is 4.74 Å². The van der Waals surface area contributed by atoms with E-state index in [2.05, 4.69) is 0 Å². The van der Waals surface area contributed by atoms with Gasteiger partial charge in [0.15, 0.2) is 5.00 Å². The topological polar surface area (TPSA) is 75.8 Å². The first-order chi connectivity index (χ1) is 8.51. The smallest absolute Gasteiger partial charge is 0.304 e. The van der Waals surface area contributed by atoms with Gasteiger partial charge in [-0.1, -0.05) is 0 Å². The molecule has 0 amide bonds. The summed E-state index contributed by atoms with van der Waals surface area (Å²) >= 11 is 1.26. The van der Waals surface area contributed by atoms with Crippen LogP contribution in [0.1, 0.15) is 24.8 Å². The molecule has 1 unspecified atom stereocenters. The van der Waals surface area contributed by atoms with Gasteiger partial charge in [0.1, 0.15) is 0 Å². The van der Waals surface area contributed by atoms with Crippen molar-refractivity contribution < 1.29 is 14.8 Å². The van der Waals surface area contributed by atoms with Gasteiger partial charge in [0.05, 0.1) is 17.6 Å². The molecule has 0 fully saturated rings. The number of thiophene rings is 1. The molecule has 0 aromatic carbocycles. The molecule has 1 rings (SSSR count). The van der Waals surface area contributed by atoms with Crippen LogP contribution in [0.4, 0.5) is 10.7 Å². The van der Waals surface area contributed by atoms with Gasteiger partial charge >= 0.3 is 5.69 Å². The average Bonchev–Trinajstić information content (AvgIpc) is 2.75. The Bertz CT molecular complexity index is 406. The first-order valence-corrected chi connectivity index (χ1v) is 6.53. The molecule has 0 aliphatic carbocycles. The summed E-state index contributed by atoms with van der Waals surface area (Å²) < 4.78 is 4.99. The predicted octanol–water partition coefficient (Wildman–Crippen LogP) is 2.18. The summed E-state index contributed by atoms with van der Waals surface area (Å²) in [7, 11) is 1.60. The van der Waals surface area contributed by atoms with Crippen molar-refractivity contribution in [3.63, 3.8) is 0 Å². The Morgan fingerprint density at radius 1 is 1.67 bits per heavy atom. The van der Waals surface area contributed by atoms with Crippen molar-refractivity contribution in [3.05, 3.63) is 21.1 Å². The number of likely N-dealkylation sites (N-methyl/N-ethyl adjacent to an activating group) is 1. The Kier molecular flexibility index (Phi) is 5.52. The number of aliphatic hydroxyl groups is 1. The van der Waals surface area contributed by atoms with Crippen LogP contribution in [0.2, 0.25) is 0 Å². The second-order valence-corrected chi connectivity index (χ2v) is 4.91. The van der Waals surface area contributed by atoms with Crippen molar-refractivity contribution in [3.8, 4) is 0 Å². The fraction of sp³-hybridized carbons (Fsp3) is 0.636. The van der Waals surface area contributed by atoms with Gasteiger partial charge < -0.3 is 14.7 Å². The minimum Gasteiger partial charge on any atom is -0.388 e. The van der Waals surface area contributed by atoms with Gasteiger partial charge in [-0.15, -0.1) is 11.3 Å². The van der Waals surface area contributed by atoms with E-state index in [-0.39, 0.29) is 5.69 Å². The molecule has 6 nitrogen and oxygen atoms in total. The molecule has 1 atom stereocenters. The van der Waals surface area contributed by atoms with Crippen molar-refractivity contribution in [2.24, 2.45) is 0 Å². The molecule has 1 N–H and O–H groups in total. The maximum absolute atomic E-state index is 11.0. The summed E-state index contributed by atoms with van der Waals surface area (Å²) in [5.41, 5.74) is 0.0499. The van der Waals surface area contributed by atoms with Crippen LogP contribution in [-0.4, -0.2) is 36.8 Å². The summed E-state index contributed by atoms with van der Waals surface area (Å²) in [6.45, 7) is 5.29. The van der Waals surface area contributed by atoms with E-state index in [1.807, 2.05) is 11.8 Å². The molecule has 0 saturated heterocycles. The van der Waals surface area contributed by atoms with E-state index in [1.54, 1.807) is 14.0 Å². The zero-order valence-corrected chi connectivity index (χ0v) is 11.6. The molecule has 0 radical (unpaired) electrons. The zero-order chi connectivity index (χ0) is 13.7. The number of ether oxygens (including phenoxy) is 1. The van der Waals surface area contributed by atoms with Crippen molar-refractivity contribution >= 4 is 22.0 Å². The molecular weight excluding hydrogens is 256 g/mol. The summed E-state index contributed by atoms with van der Waals surface area (Å²) in [5, 5.41) is 21.1. The van der Waals surface area contributed by atoms with E-state index in [1.165, 1.54) is 17.4 Å². The number of aliphatic hydroxyl groups excluding tert-OH is 1. The average molecular weight is 274 g/mol. The molecule has 0 saturated carbocycles. The SMILES string of the molecule is CCN(CCOC)c1sc(C(C)O)cc1[N+](=O)[O-]. The molecule has 7 heteroatoms. The Balaban J connectivity index is 3.06. The van der Waals surface area contributed by atoms with Gasteiger partial charge in [0.2, 0.25) is 0 Å². The number of hydrogen-bond acceptors (Lipinski definition) is 6. The van der Waals surface area contributed by atoms with Crippen molar-refractivity contribution in [2.45, 2.75) is 20.0 Å². The second kappa shape index (κ2) is 6.67. The molecule has 0 aliphatic rings. The minimum atomic E-state index is -0.691. The number of hydrogen-bond donors (Lipinski definition) is 1. The fourth-order valence-corrected chi connectivity index (χ4v) is 2.71. The first kappa shape index (κ1) is 14.9. The molecule has 0 aliphatic heterocycles. The van der Waals surface area contributed by atoms with Gasteiger partial charge in [-0.3, -0.25) is 10.1 Å². The highest BCUT2D eigenvalue weighted by Gasteiger charge is 2.24. The van der Waals surface area contributed by atoms with E-state index >= 15 is 0 Å². The number of nitro groups is 1. The van der Waals surface area contributed by atoms with Gasteiger partial charge in [0, 0.05) is 31.1 Å². The summed E-state index contributed by atoms with van der Waals surface area (Å²) in [6.07, 6.45) is -0.691. The van der Waals surface area contributed by atoms with Crippen LogP contribution < -0.4 is 4.90 Å². The number of anilines is 1. The lowest BCUT2D eigenvalue weighted by Gasteiger charge is -2.19. The zero-order valence-electron chi connectivity index (χ0n) is 10.8. The largest absolute Gasteiger partial charge is 0.388 e. The monoisotopic (exact) mass is 274 g/mol. The van der Waals surface area contributed by atoms with Crippen LogP contribution in [0.15, 0.2) is 6.07 Å². The van der Waals surface area contributed by atoms with Gasteiger partial charge in [-0.2, -0.15) is 0 Å². The number of rotatable bonds is 7. The molecular formula is C11H18N2O4S. The van der Waals surface area contributed by atoms with E-state index in [0.29, 0.717) is 29.6 Å². The lowest BCUT2D eigenvalue weighted by Crippen LogP contribution is -2.26. The van der Waals surface area contributed by atoms with Crippen molar-refractivity contribution in [2.75, 3.05) is 31.7 Å². The van der Waals surface area contributed by atoms with E-state index in [0.717, 1.165) is 0 Å². The highest BCUT2D eigenvalue weighted by Crippen LogP contribution is 2.39. The van der Waals surface area contributed by atoms with Crippen molar-refractivity contribution in [1.29, 1.82) is 0 Å². The number of nitrogens with zero attached hydrogens (tertiary/aromatic N) is 2. The Morgan fingerprint density at radius 2 is 2.33 bits per heavy atom. The normalized spacial score (nSPS) is 12.4. The lowest BCUT2D eigenvalue weighted by atomic mass is 10.3. The lowest BCUT2D eigenvalue weighted by molar-refractivity contribution is -0.383. The highest BCUT2D eigenvalue weighted by molar-refractivity contribution is 7.16. The van der Waals surface area contributed by atoms with Gasteiger partial charge in [-0.05, 0) is 13.8 Å². The third-order valence-corrected chi connectivity index (χ3v) is 3.91. The van der Waals surface area contributed by atoms with Crippen LogP contribution in [-0.2, 0) is 4.74 Å². The summed E-state index contributed by atoms with van der Waals surface area (Å²) in [6, 6.07) is 1.44. The van der Waals surface area contributed by atoms with Crippen LogP contribution in [0.25, 0.3) is 0 Å². The third kappa shape index (κ3) is 3.41.